The Bertz CT molecular complexity index is 1770. The molecule has 232 valence electrons. The number of likely N-dealkylation sites (tertiary alicyclic amines) is 1. The number of methoxy groups -OCH3 is 1. The number of anilines is 3. The number of pyridine rings is 1. The lowest BCUT2D eigenvalue weighted by molar-refractivity contribution is -0.117. The summed E-state index contributed by atoms with van der Waals surface area (Å²) in [4.78, 5) is 43.5. The van der Waals surface area contributed by atoms with Gasteiger partial charge in [-0.1, -0.05) is 18.2 Å². The van der Waals surface area contributed by atoms with Gasteiger partial charge in [-0.25, -0.2) is 4.98 Å². The maximum Gasteiger partial charge on any atom is 0.273 e. The van der Waals surface area contributed by atoms with Crippen molar-refractivity contribution >= 4 is 34.8 Å². The van der Waals surface area contributed by atoms with E-state index < -0.39 is 5.91 Å². The Morgan fingerprint density at radius 2 is 1.87 bits per heavy atom. The van der Waals surface area contributed by atoms with E-state index in [1.54, 1.807) is 19.2 Å². The van der Waals surface area contributed by atoms with E-state index >= 15 is 0 Å². The molecule has 2 atom stereocenters. The molecule has 0 bridgehead atoms. The second-order valence-electron chi connectivity index (χ2n) is 11.4. The molecule has 2 amide bonds. The van der Waals surface area contributed by atoms with Crippen LogP contribution in [0.2, 0.25) is 0 Å². The van der Waals surface area contributed by atoms with Crippen LogP contribution in [-0.4, -0.2) is 74.2 Å². The molecule has 1 aromatic carbocycles. The zero-order chi connectivity index (χ0) is 31.7. The predicted molar refractivity (Wildman–Crippen MR) is 167 cm³/mol. The Morgan fingerprint density at radius 3 is 2.58 bits per heavy atom. The number of benzene rings is 1. The summed E-state index contributed by atoms with van der Waals surface area (Å²) in [7, 11) is 3.10. The van der Waals surface area contributed by atoms with E-state index in [1.807, 2.05) is 47.4 Å². The van der Waals surface area contributed by atoms with Crippen LogP contribution >= 0.6 is 0 Å². The van der Waals surface area contributed by atoms with Crippen LogP contribution in [0.3, 0.4) is 0 Å². The Balaban J connectivity index is 1.20. The van der Waals surface area contributed by atoms with Crippen LogP contribution in [0.5, 0.6) is 5.75 Å². The number of nitrogens with one attached hydrogen (secondary N) is 3. The second kappa shape index (κ2) is 12.4. The molecular weight excluding hydrogens is 574 g/mol. The Morgan fingerprint density at radius 1 is 1.07 bits per heavy atom. The molecule has 6 rings (SSSR count). The molecule has 3 N–H and O–H groups in total. The molecule has 13 nitrogen and oxygen atoms in total. The number of aromatic nitrogens is 5. The van der Waals surface area contributed by atoms with Crippen LogP contribution < -0.4 is 20.7 Å². The number of rotatable bonds is 11. The first kappa shape index (κ1) is 29.9. The second-order valence-corrected chi connectivity index (χ2v) is 11.4. The van der Waals surface area contributed by atoms with E-state index in [-0.39, 0.29) is 41.2 Å². The number of carbonyl (C=O) groups is 3. The van der Waals surface area contributed by atoms with Gasteiger partial charge in [0.15, 0.2) is 17.3 Å². The van der Waals surface area contributed by atoms with E-state index in [1.165, 1.54) is 14.0 Å². The number of hydrogen-bond acceptors (Lipinski definition) is 10. The molecule has 0 spiro atoms. The van der Waals surface area contributed by atoms with Crippen LogP contribution in [0.4, 0.5) is 17.2 Å². The van der Waals surface area contributed by atoms with Crippen molar-refractivity contribution in [3.05, 3.63) is 71.9 Å². The summed E-state index contributed by atoms with van der Waals surface area (Å²) < 4.78 is 7.83. The molecule has 0 unspecified atom stereocenters. The van der Waals surface area contributed by atoms with Crippen LogP contribution in [0.1, 0.15) is 59.4 Å². The first-order valence-electron chi connectivity index (χ1n) is 14.9. The van der Waals surface area contributed by atoms with Crippen molar-refractivity contribution in [3.8, 4) is 16.9 Å². The summed E-state index contributed by atoms with van der Waals surface area (Å²) in [5.74, 6) is 0.225. The van der Waals surface area contributed by atoms with E-state index in [4.69, 9.17) is 4.74 Å². The number of amides is 2. The summed E-state index contributed by atoms with van der Waals surface area (Å²) in [6, 6.07) is 13.2. The molecular formula is C32H35N9O4. The summed E-state index contributed by atoms with van der Waals surface area (Å²) in [5.41, 5.74) is 4.07. The highest BCUT2D eigenvalue weighted by Gasteiger charge is 2.37. The standard InChI is InChI=1S/C32H35N9O4/c1-18-27(17-40(18)16-22-7-5-9-24(35-22)19(2)42)41-15-21(14-34-41)23-8-6-10-25(30(23)45-4)36-26-13-28(37-31(43)20-11-12-20)38-39-29(26)32(44)33-3/h5-10,13-15,18,20,27H,11-12,16-17H2,1-4H3,(H,33,44)(H2,36,37,38,43)/t18-,27+/m0/s1. The highest BCUT2D eigenvalue weighted by Crippen LogP contribution is 2.39. The van der Waals surface area contributed by atoms with E-state index in [0.29, 0.717) is 29.4 Å². The SMILES string of the molecule is CNC(=O)c1nnc(NC(=O)C2CC2)cc1Nc1cccc(-c2cnn([C@@H]3CN(Cc4cccc(C(C)=O)n4)[C@H]3C)c2)c1OC. The average molecular weight is 610 g/mol. The van der Waals surface area contributed by atoms with Crippen molar-refractivity contribution in [3.63, 3.8) is 0 Å². The van der Waals surface area contributed by atoms with Crippen LogP contribution in [0.15, 0.2) is 54.9 Å². The molecule has 0 radical (unpaired) electrons. The molecule has 1 saturated heterocycles. The summed E-state index contributed by atoms with van der Waals surface area (Å²) >= 11 is 0. The maximum absolute atomic E-state index is 12.6. The highest BCUT2D eigenvalue weighted by atomic mass is 16.5. The van der Waals surface area contributed by atoms with Crippen molar-refractivity contribution in [1.29, 1.82) is 0 Å². The first-order chi connectivity index (χ1) is 21.7. The lowest BCUT2D eigenvalue weighted by Crippen LogP contribution is -2.54. The zero-order valence-corrected chi connectivity index (χ0v) is 25.6. The normalized spacial score (nSPS) is 17.7. The third kappa shape index (κ3) is 6.25. The topological polar surface area (TPSA) is 156 Å². The van der Waals surface area contributed by atoms with Gasteiger partial charge in [0.1, 0.15) is 11.4 Å². The lowest BCUT2D eigenvalue weighted by Gasteiger charge is -2.46. The largest absolute Gasteiger partial charge is 0.494 e. The van der Waals surface area contributed by atoms with Crippen molar-refractivity contribution in [2.45, 2.75) is 45.3 Å². The smallest absolute Gasteiger partial charge is 0.273 e. The summed E-state index contributed by atoms with van der Waals surface area (Å²) in [6.45, 7) is 5.13. The monoisotopic (exact) mass is 609 g/mol. The molecule has 45 heavy (non-hydrogen) atoms. The van der Waals surface area contributed by atoms with Gasteiger partial charge in [-0.05, 0) is 38.0 Å². The fourth-order valence-electron chi connectivity index (χ4n) is 5.44. The van der Waals surface area contributed by atoms with Gasteiger partial charge in [0.2, 0.25) is 5.91 Å². The van der Waals surface area contributed by atoms with Gasteiger partial charge in [-0.2, -0.15) is 5.10 Å². The Kier molecular flexibility index (Phi) is 8.26. The van der Waals surface area contributed by atoms with Crippen molar-refractivity contribution in [1.82, 2.24) is 35.2 Å². The molecule has 2 fully saturated rings. The average Bonchev–Trinajstić information content (AvgIpc) is 3.80. The van der Waals surface area contributed by atoms with Crippen LogP contribution in [0, 0.1) is 5.92 Å². The quantitative estimate of drug-likeness (QED) is 0.214. The minimum absolute atomic E-state index is 0.00710. The number of Topliss-reactive ketones (excluding diaryl/α,β-unsaturated/α-hetero) is 1. The van der Waals surface area contributed by atoms with Gasteiger partial charge in [0, 0.05) is 62.4 Å². The molecule has 1 aliphatic carbocycles. The third-order valence-electron chi connectivity index (χ3n) is 8.26. The van der Waals surface area contributed by atoms with E-state index in [0.717, 1.165) is 36.2 Å². The number of ketones is 1. The molecule has 1 aliphatic heterocycles. The molecule has 13 heteroatoms. The van der Waals surface area contributed by atoms with Gasteiger partial charge in [0.05, 0.1) is 36.4 Å². The van der Waals surface area contributed by atoms with E-state index in [9.17, 15) is 14.4 Å². The zero-order valence-electron chi connectivity index (χ0n) is 25.6. The maximum atomic E-state index is 12.6. The van der Waals surface area contributed by atoms with Gasteiger partial charge < -0.3 is 20.7 Å². The number of nitrogens with zero attached hydrogens (tertiary/aromatic N) is 6. The minimum Gasteiger partial charge on any atom is -0.494 e. The summed E-state index contributed by atoms with van der Waals surface area (Å²) in [5, 5.41) is 21.5. The number of para-hydroxylation sites is 1. The fourth-order valence-corrected chi connectivity index (χ4v) is 5.44. The van der Waals surface area contributed by atoms with Gasteiger partial charge in [-0.15, -0.1) is 10.2 Å². The summed E-state index contributed by atoms with van der Waals surface area (Å²) in [6.07, 6.45) is 5.52. The van der Waals surface area contributed by atoms with Crippen molar-refractivity contribution in [2.75, 3.05) is 31.3 Å². The first-order valence-corrected chi connectivity index (χ1v) is 14.9. The third-order valence-corrected chi connectivity index (χ3v) is 8.26. The predicted octanol–water partition coefficient (Wildman–Crippen LogP) is 3.84. The van der Waals surface area contributed by atoms with Crippen molar-refractivity contribution in [2.24, 2.45) is 5.92 Å². The van der Waals surface area contributed by atoms with Gasteiger partial charge >= 0.3 is 0 Å². The number of hydrogen-bond donors (Lipinski definition) is 3. The molecule has 1 saturated carbocycles. The van der Waals surface area contributed by atoms with Gasteiger partial charge in [0.25, 0.3) is 5.91 Å². The Hall–Kier alpha value is -5.17. The Labute approximate surface area is 260 Å². The molecule has 4 heterocycles. The highest BCUT2D eigenvalue weighted by molar-refractivity contribution is 6.00. The van der Waals surface area contributed by atoms with Crippen molar-refractivity contribution < 1.29 is 19.1 Å². The number of carbonyl (C=O) groups excluding carboxylic acids is 3. The molecule has 2 aliphatic rings. The van der Waals surface area contributed by atoms with Gasteiger partial charge in [-0.3, -0.25) is 24.0 Å². The lowest BCUT2D eigenvalue weighted by atomic mass is 9.97. The number of ether oxygens (including phenoxy) is 1. The molecule has 4 aromatic rings. The van der Waals surface area contributed by atoms with Crippen LogP contribution in [0.25, 0.3) is 11.1 Å². The van der Waals surface area contributed by atoms with Crippen LogP contribution in [-0.2, 0) is 11.3 Å². The fraction of sp³-hybridized carbons (Fsp3) is 0.344. The van der Waals surface area contributed by atoms with E-state index in [2.05, 4.69) is 48.1 Å². The minimum atomic E-state index is -0.424. The molecule has 3 aromatic heterocycles.